The van der Waals surface area contributed by atoms with E-state index in [0.29, 0.717) is 16.7 Å². The van der Waals surface area contributed by atoms with Crippen LogP contribution < -0.4 is 16.4 Å². The molecule has 2 aliphatic rings. The molecule has 0 saturated carbocycles. The second-order valence-electron chi connectivity index (χ2n) is 8.15. The highest BCUT2D eigenvalue weighted by Gasteiger charge is 2.67. The summed E-state index contributed by atoms with van der Waals surface area (Å²) in [6.07, 6.45) is -1.43. The third-order valence-corrected chi connectivity index (χ3v) is 7.15. The highest BCUT2D eigenvalue weighted by molar-refractivity contribution is 8.00. The molecule has 11 nitrogen and oxygen atoms in total. The number of primary amides is 1. The molecule has 4 rings (SSSR count). The van der Waals surface area contributed by atoms with E-state index in [9.17, 15) is 29.1 Å². The lowest BCUT2D eigenvalue weighted by Gasteiger charge is -2.56. The van der Waals surface area contributed by atoms with Gasteiger partial charge in [0.05, 0.1) is 0 Å². The average Bonchev–Trinajstić information content (AvgIpc) is 2.85. The minimum absolute atomic E-state index is 0.0923. The highest BCUT2D eigenvalue weighted by atomic mass is 32.2. The number of carboxylic acid groups (broad SMARTS) is 1. The molecule has 0 aromatic heterocycles. The topological polar surface area (TPSA) is 168 Å². The molecule has 1 saturated heterocycles. The Balaban J connectivity index is 1.72. The number of benzene rings is 2. The Morgan fingerprint density at radius 2 is 1.92 bits per heavy atom. The number of fused-ring (bicyclic) bond motifs is 1. The van der Waals surface area contributed by atoms with E-state index in [1.807, 2.05) is 13.0 Å². The van der Waals surface area contributed by atoms with Crippen LogP contribution in [-0.2, 0) is 23.9 Å². The van der Waals surface area contributed by atoms with Crippen LogP contribution in [0.15, 0.2) is 60.3 Å². The maximum atomic E-state index is 13.5. The molecule has 12 heteroatoms. The molecule has 5 N–H and O–H groups in total. The number of rotatable bonds is 8. The van der Waals surface area contributed by atoms with Crippen molar-refractivity contribution in [3.63, 3.8) is 0 Å². The van der Waals surface area contributed by atoms with Gasteiger partial charge in [-0.25, -0.2) is 9.59 Å². The molecule has 0 radical (unpaired) electrons. The summed E-state index contributed by atoms with van der Waals surface area (Å²) in [4.78, 5) is 62.9. The minimum atomic E-state index is -2.05. The van der Waals surface area contributed by atoms with Gasteiger partial charge < -0.3 is 26.2 Å². The molecular weight excluding hydrogens is 488 g/mol. The summed E-state index contributed by atoms with van der Waals surface area (Å²) in [5.41, 5.74) is 5.31. The molecule has 2 aromatic rings. The summed E-state index contributed by atoms with van der Waals surface area (Å²) in [5.74, 6) is -2.96. The van der Waals surface area contributed by atoms with Crippen LogP contribution in [0.25, 0.3) is 5.57 Å². The zero-order chi connectivity index (χ0) is 26.0. The minimum Gasteiger partial charge on any atom is -0.477 e. The van der Waals surface area contributed by atoms with E-state index in [4.69, 9.17) is 10.5 Å². The van der Waals surface area contributed by atoms with E-state index in [1.165, 1.54) is 0 Å². The van der Waals surface area contributed by atoms with E-state index in [-0.39, 0.29) is 17.9 Å². The molecule has 2 heterocycles. The van der Waals surface area contributed by atoms with Crippen molar-refractivity contribution in [2.75, 3.05) is 5.75 Å². The Hall–Kier alpha value is -4.32. The normalized spacial score (nSPS) is 21.5. The maximum Gasteiger partial charge on any atom is 0.352 e. The molecule has 1 fully saturated rings. The number of carbonyl (C=O) groups is 5. The molecule has 0 bridgehead atoms. The van der Waals surface area contributed by atoms with Crippen molar-refractivity contribution in [1.29, 1.82) is 0 Å². The summed E-state index contributed by atoms with van der Waals surface area (Å²) in [6.45, 7) is 1.95. The largest absolute Gasteiger partial charge is 0.477 e. The van der Waals surface area contributed by atoms with Gasteiger partial charge in [0, 0.05) is 16.9 Å². The summed E-state index contributed by atoms with van der Waals surface area (Å²) in [6, 6.07) is 14.1. The molecule has 2 unspecified atom stereocenters. The van der Waals surface area contributed by atoms with Crippen molar-refractivity contribution in [2.45, 2.75) is 24.1 Å². The quantitative estimate of drug-likeness (QED) is 0.233. The van der Waals surface area contributed by atoms with Gasteiger partial charge in [-0.3, -0.25) is 19.3 Å². The van der Waals surface area contributed by atoms with Crippen molar-refractivity contribution >= 4 is 47.6 Å². The number of aryl methyl sites for hydroxylation is 1. The van der Waals surface area contributed by atoms with E-state index in [1.54, 1.807) is 48.5 Å². The van der Waals surface area contributed by atoms with E-state index in [0.717, 1.165) is 22.2 Å². The number of aliphatic carboxylic acids is 1. The highest BCUT2D eigenvalue weighted by Crippen LogP contribution is 2.47. The fourth-order valence-electron chi connectivity index (χ4n) is 4.30. The zero-order valence-electron chi connectivity index (χ0n) is 19.0. The summed E-state index contributed by atoms with van der Waals surface area (Å²) < 4.78 is 4.95. The fourth-order valence-corrected chi connectivity index (χ4v) is 5.75. The molecule has 186 valence electrons. The number of β-lactam (4-membered cyclic amide) rings is 1. The number of amides is 4. The number of hydrogen-bond acceptors (Lipinski definition) is 7. The Labute approximate surface area is 209 Å². The predicted octanol–water partition coefficient (Wildman–Crippen LogP) is 1.10. The third kappa shape index (κ3) is 4.26. The number of nitrogens with one attached hydrogen (secondary N) is 2. The lowest BCUT2D eigenvalue weighted by Crippen LogP contribution is -2.86. The van der Waals surface area contributed by atoms with Crippen molar-refractivity contribution < 1.29 is 33.8 Å². The van der Waals surface area contributed by atoms with Crippen LogP contribution in [0.4, 0.5) is 4.79 Å². The van der Waals surface area contributed by atoms with Gasteiger partial charge in [0.15, 0.2) is 0 Å². The second-order valence-corrected chi connectivity index (χ2v) is 9.22. The first-order chi connectivity index (χ1) is 17.2. The van der Waals surface area contributed by atoms with Crippen LogP contribution in [0.3, 0.4) is 0 Å². The predicted molar refractivity (Wildman–Crippen MR) is 129 cm³/mol. The second kappa shape index (κ2) is 9.74. The number of ether oxygens (including phenoxy) is 1. The molecule has 0 aliphatic carbocycles. The van der Waals surface area contributed by atoms with Gasteiger partial charge in [0.2, 0.25) is 11.8 Å². The SMILES string of the molecule is Cc1cccc(C2=C(C(=O)O)N3C(=O)C(NC(N)=O)(NC(=O)C(OC=O)c4ccccc4)[C@@H]3SC2)c1. The van der Waals surface area contributed by atoms with Crippen LogP contribution in [0.5, 0.6) is 0 Å². The first-order valence-electron chi connectivity index (χ1n) is 10.7. The number of nitrogens with two attached hydrogens (primary N) is 1. The number of hydrogen-bond donors (Lipinski definition) is 4. The van der Waals surface area contributed by atoms with Crippen LogP contribution in [0.1, 0.15) is 22.8 Å². The van der Waals surface area contributed by atoms with E-state index in [2.05, 4.69) is 10.6 Å². The molecule has 2 aromatic carbocycles. The summed E-state index contributed by atoms with van der Waals surface area (Å²) >= 11 is 1.15. The van der Waals surface area contributed by atoms with Crippen LogP contribution >= 0.6 is 11.8 Å². The number of urea groups is 1. The van der Waals surface area contributed by atoms with E-state index < -0.39 is 41.0 Å². The van der Waals surface area contributed by atoms with Crippen LogP contribution in [-0.4, -0.2) is 57.1 Å². The van der Waals surface area contributed by atoms with Gasteiger partial charge in [-0.1, -0.05) is 60.2 Å². The first kappa shape index (κ1) is 24.8. The van der Waals surface area contributed by atoms with Gasteiger partial charge in [0.1, 0.15) is 11.1 Å². The Morgan fingerprint density at radius 3 is 2.53 bits per heavy atom. The molecule has 2 aliphatic heterocycles. The van der Waals surface area contributed by atoms with Crippen molar-refractivity contribution in [3.8, 4) is 0 Å². The smallest absolute Gasteiger partial charge is 0.352 e. The molecule has 4 amide bonds. The van der Waals surface area contributed by atoms with Gasteiger partial charge in [-0.05, 0) is 12.5 Å². The maximum absolute atomic E-state index is 13.5. The first-order valence-corrected chi connectivity index (χ1v) is 11.8. The Bertz CT molecular complexity index is 1280. The molecule has 3 atom stereocenters. The fraction of sp³-hybridized carbons (Fsp3) is 0.208. The third-order valence-electron chi connectivity index (χ3n) is 5.82. The molecule has 36 heavy (non-hydrogen) atoms. The van der Waals surface area contributed by atoms with Gasteiger partial charge >= 0.3 is 12.0 Å². The number of thioether (sulfide) groups is 1. The van der Waals surface area contributed by atoms with Gasteiger partial charge in [-0.2, -0.15) is 0 Å². The van der Waals surface area contributed by atoms with Crippen LogP contribution in [0.2, 0.25) is 0 Å². The number of carbonyl (C=O) groups excluding carboxylic acids is 4. The molecular formula is C24H22N4O7S. The lowest BCUT2D eigenvalue weighted by molar-refractivity contribution is -0.163. The number of nitrogens with zero attached hydrogens (tertiary/aromatic N) is 1. The van der Waals surface area contributed by atoms with Gasteiger partial charge in [0.25, 0.3) is 18.3 Å². The van der Waals surface area contributed by atoms with Crippen LogP contribution in [0, 0.1) is 6.92 Å². The van der Waals surface area contributed by atoms with Crippen molar-refractivity contribution in [3.05, 3.63) is 77.0 Å². The number of carboxylic acids is 1. The van der Waals surface area contributed by atoms with Crippen molar-refractivity contribution in [1.82, 2.24) is 15.5 Å². The zero-order valence-corrected chi connectivity index (χ0v) is 19.8. The standard InChI is InChI=1S/C24H22N4O7S/c1-13-6-5-9-15(10-13)16-11-36-22-24(27-23(25)34,21(33)28(22)17(16)20(31)32)26-19(30)18(35-12-29)14-7-3-2-4-8-14/h2-10,12,18,22H,11H2,1H3,(H,26,30)(H,31,32)(H3,25,27,34)/t18?,22-,24?/m0/s1. The molecule has 0 spiro atoms. The van der Waals surface area contributed by atoms with E-state index >= 15 is 0 Å². The van der Waals surface area contributed by atoms with Crippen molar-refractivity contribution in [2.24, 2.45) is 5.73 Å². The Kier molecular flexibility index (Phi) is 6.71. The lowest BCUT2D eigenvalue weighted by atomic mass is 9.92. The summed E-state index contributed by atoms with van der Waals surface area (Å²) in [7, 11) is 0. The average molecular weight is 511 g/mol. The summed E-state index contributed by atoms with van der Waals surface area (Å²) in [5, 5.41) is 13.7. The monoisotopic (exact) mass is 510 g/mol. The Morgan fingerprint density at radius 1 is 1.19 bits per heavy atom. The van der Waals surface area contributed by atoms with Gasteiger partial charge in [-0.15, -0.1) is 11.8 Å².